The summed E-state index contributed by atoms with van der Waals surface area (Å²) in [5.74, 6) is 1.63. The van der Waals surface area contributed by atoms with Crippen LogP contribution >= 0.6 is 0 Å². The van der Waals surface area contributed by atoms with Crippen LogP contribution in [0.5, 0.6) is 0 Å². The van der Waals surface area contributed by atoms with Gasteiger partial charge in [0.15, 0.2) is 17.5 Å². The minimum Gasteiger partial charge on any atom is -0.455 e. The van der Waals surface area contributed by atoms with Gasteiger partial charge >= 0.3 is 0 Å². The van der Waals surface area contributed by atoms with E-state index in [-0.39, 0.29) is 0 Å². The summed E-state index contributed by atoms with van der Waals surface area (Å²) in [5, 5.41) is 5.25. The largest absolute Gasteiger partial charge is 0.455 e. The summed E-state index contributed by atoms with van der Waals surface area (Å²) in [6.07, 6.45) is 8.10. The Bertz CT molecular complexity index is 3900. The Balaban J connectivity index is 1.14. The predicted molar refractivity (Wildman–Crippen MR) is 284 cm³/mol. The number of aromatic nitrogens is 5. The van der Waals surface area contributed by atoms with Crippen molar-refractivity contribution in [1.29, 1.82) is 0 Å². The first-order valence-corrected chi connectivity index (χ1v) is 23.1. The van der Waals surface area contributed by atoms with E-state index in [1.807, 2.05) is 91.1 Å². The Morgan fingerprint density at radius 1 is 0.478 bits per heavy atom. The first-order chi connectivity index (χ1) is 34.1. The monoisotopic (exact) mass is 885 g/mol. The first kappa shape index (κ1) is 41.2. The van der Waals surface area contributed by atoms with Crippen molar-refractivity contribution in [3.63, 3.8) is 0 Å². The van der Waals surface area contributed by atoms with Crippen LogP contribution in [0.4, 0.5) is 0 Å². The quantitative estimate of drug-likeness (QED) is 0.144. The SMILES string of the molecule is C=C/C=c1\c(=C/C)n(-c2ccccc2)c2ccc3oc4c(-c5ncc(-c6cc(-c7ccccc7)cc(-c7ccccc7)c6)cc5-c5nc(-c6ccccc6)nc(-c6ccccc6)n5)cccc4c3c12. The lowest BCUT2D eigenvalue weighted by Gasteiger charge is -2.15. The van der Waals surface area contributed by atoms with Gasteiger partial charge in [-0.1, -0.05) is 176 Å². The maximum absolute atomic E-state index is 7.04. The molecule has 0 aliphatic rings. The topological polar surface area (TPSA) is 69.6 Å². The molecule has 4 aromatic heterocycles. The zero-order valence-electron chi connectivity index (χ0n) is 37.8. The number of furan rings is 1. The number of nitrogens with zero attached hydrogens (tertiary/aromatic N) is 5. The number of fused-ring (bicyclic) bond motifs is 5. The minimum absolute atomic E-state index is 0.496. The molecule has 8 aromatic carbocycles. The molecule has 6 nitrogen and oxygen atoms in total. The molecule has 6 heteroatoms. The number of rotatable bonds is 9. The third kappa shape index (κ3) is 7.41. The van der Waals surface area contributed by atoms with E-state index in [1.165, 1.54) is 0 Å². The average Bonchev–Trinajstić information content (AvgIpc) is 3.97. The molecule has 12 rings (SSSR count). The van der Waals surface area contributed by atoms with Gasteiger partial charge in [0, 0.05) is 66.4 Å². The number of hydrogen-bond acceptors (Lipinski definition) is 5. The van der Waals surface area contributed by atoms with Gasteiger partial charge in [-0.2, -0.15) is 0 Å². The van der Waals surface area contributed by atoms with Crippen LogP contribution in [-0.4, -0.2) is 24.5 Å². The van der Waals surface area contributed by atoms with Crippen LogP contribution in [0.1, 0.15) is 6.92 Å². The molecule has 0 amide bonds. The smallest absolute Gasteiger partial charge is 0.166 e. The third-order valence-electron chi connectivity index (χ3n) is 12.8. The molecule has 0 bridgehead atoms. The molecular weight excluding hydrogens is 843 g/mol. The van der Waals surface area contributed by atoms with Crippen molar-refractivity contribution in [3.8, 4) is 84.5 Å². The fourth-order valence-corrected chi connectivity index (χ4v) is 9.65. The van der Waals surface area contributed by atoms with E-state index in [0.29, 0.717) is 23.2 Å². The van der Waals surface area contributed by atoms with Crippen LogP contribution in [0.25, 0.3) is 129 Å². The summed E-state index contributed by atoms with van der Waals surface area (Å²) in [4.78, 5) is 21.1. The van der Waals surface area contributed by atoms with Crippen LogP contribution in [-0.2, 0) is 0 Å². The molecule has 0 saturated heterocycles. The summed E-state index contributed by atoms with van der Waals surface area (Å²) < 4.78 is 9.35. The lowest BCUT2D eigenvalue weighted by atomic mass is 9.92. The van der Waals surface area contributed by atoms with E-state index >= 15 is 0 Å². The van der Waals surface area contributed by atoms with Crippen LogP contribution in [0.3, 0.4) is 0 Å². The molecule has 0 fully saturated rings. The summed E-state index contributed by atoms with van der Waals surface area (Å²) in [6.45, 7) is 6.22. The predicted octanol–water partition coefficient (Wildman–Crippen LogP) is 14.5. The molecule has 0 radical (unpaired) electrons. The van der Waals surface area contributed by atoms with Gasteiger partial charge in [0.05, 0.1) is 11.2 Å². The number of hydrogen-bond donors (Lipinski definition) is 0. The molecular formula is C63H43N5O. The second-order valence-corrected chi connectivity index (χ2v) is 17.0. The molecule has 0 aliphatic heterocycles. The fourth-order valence-electron chi connectivity index (χ4n) is 9.65. The second-order valence-electron chi connectivity index (χ2n) is 17.0. The molecule has 326 valence electrons. The van der Waals surface area contributed by atoms with E-state index in [2.05, 4.69) is 158 Å². The highest BCUT2D eigenvalue weighted by Gasteiger charge is 2.24. The molecule has 0 unspecified atom stereocenters. The number of allylic oxidation sites excluding steroid dienone is 1. The molecule has 12 aromatic rings. The van der Waals surface area contributed by atoms with E-state index in [9.17, 15) is 0 Å². The summed E-state index contributed by atoms with van der Waals surface area (Å²) in [6, 6.07) is 71.2. The van der Waals surface area contributed by atoms with Gasteiger partial charge in [-0.05, 0) is 89.3 Å². The highest BCUT2D eigenvalue weighted by Crippen LogP contribution is 2.42. The van der Waals surface area contributed by atoms with E-state index in [0.717, 1.165) is 105 Å². The standard InChI is InChI=1S/C63H43N5O/c1-3-21-50-54(4-2)68(49-30-18-9-19-31-49)55-34-35-56-58(57(50)55)51-32-20-33-52(60(51)69-56)59-53(63-66-61(43-26-14-7-15-27-43)65-62(67-63)44-28-16-8-17-29-44)39-48(40-64-59)47-37-45(41-22-10-5-11-23-41)36-46(38-47)42-24-12-6-13-25-42/h3-40H,1H2,2H3/b50-21+,54-4+. The highest BCUT2D eigenvalue weighted by atomic mass is 16.3. The van der Waals surface area contributed by atoms with E-state index < -0.39 is 0 Å². The first-order valence-electron chi connectivity index (χ1n) is 23.1. The maximum atomic E-state index is 7.04. The van der Waals surface area contributed by atoms with Gasteiger partial charge in [0.2, 0.25) is 0 Å². The lowest BCUT2D eigenvalue weighted by Crippen LogP contribution is -2.27. The van der Waals surface area contributed by atoms with Crippen LogP contribution in [0, 0.1) is 0 Å². The van der Waals surface area contributed by atoms with Crippen molar-refractivity contribution < 1.29 is 4.42 Å². The zero-order valence-corrected chi connectivity index (χ0v) is 37.8. The molecule has 0 N–H and O–H groups in total. The third-order valence-corrected chi connectivity index (χ3v) is 12.8. The molecule has 0 aliphatic carbocycles. The normalized spacial score (nSPS) is 12.1. The molecule has 0 spiro atoms. The van der Waals surface area contributed by atoms with Gasteiger partial charge in [-0.3, -0.25) is 4.98 Å². The van der Waals surface area contributed by atoms with Crippen molar-refractivity contribution >= 4 is 45.0 Å². The van der Waals surface area contributed by atoms with Gasteiger partial charge < -0.3 is 8.98 Å². The lowest BCUT2D eigenvalue weighted by molar-refractivity contribution is 0.670. The van der Waals surface area contributed by atoms with E-state index in [1.54, 1.807) is 0 Å². The second kappa shape index (κ2) is 17.5. The van der Waals surface area contributed by atoms with Crippen LogP contribution < -0.4 is 10.6 Å². The van der Waals surface area contributed by atoms with Crippen molar-refractivity contribution in [3.05, 3.63) is 236 Å². The van der Waals surface area contributed by atoms with Crippen molar-refractivity contribution in [1.82, 2.24) is 24.5 Å². The summed E-state index contributed by atoms with van der Waals surface area (Å²) in [7, 11) is 0. The van der Waals surface area contributed by atoms with E-state index in [4.69, 9.17) is 24.4 Å². The maximum Gasteiger partial charge on any atom is 0.166 e. The average molecular weight is 886 g/mol. The Morgan fingerprint density at radius 3 is 1.58 bits per heavy atom. The Kier molecular flexibility index (Phi) is 10.5. The number of benzene rings is 8. The van der Waals surface area contributed by atoms with Gasteiger partial charge in [0.1, 0.15) is 11.2 Å². The van der Waals surface area contributed by atoms with Crippen molar-refractivity contribution in [2.24, 2.45) is 0 Å². The fraction of sp³-hybridized carbons (Fsp3) is 0.0159. The van der Waals surface area contributed by atoms with Crippen LogP contribution in [0.15, 0.2) is 230 Å². The van der Waals surface area contributed by atoms with Crippen LogP contribution in [0.2, 0.25) is 0 Å². The minimum atomic E-state index is 0.496. The van der Waals surface area contributed by atoms with Gasteiger partial charge in [0.25, 0.3) is 0 Å². The summed E-state index contributed by atoms with van der Waals surface area (Å²) in [5.41, 5.74) is 14.1. The zero-order chi connectivity index (χ0) is 46.3. The highest BCUT2D eigenvalue weighted by molar-refractivity contribution is 6.21. The molecule has 4 heterocycles. The Labute approximate surface area is 399 Å². The number of para-hydroxylation sites is 2. The summed E-state index contributed by atoms with van der Waals surface area (Å²) >= 11 is 0. The molecule has 0 saturated carbocycles. The molecule has 0 atom stereocenters. The van der Waals surface area contributed by atoms with Crippen molar-refractivity contribution in [2.75, 3.05) is 0 Å². The van der Waals surface area contributed by atoms with Crippen molar-refractivity contribution in [2.45, 2.75) is 6.92 Å². The van der Waals surface area contributed by atoms with Gasteiger partial charge in [-0.25, -0.2) is 15.0 Å². The Hall–Kier alpha value is -9.26. The molecule has 69 heavy (non-hydrogen) atoms. The number of pyridine rings is 1. The van der Waals surface area contributed by atoms with Gasteiger partial charge in [-0.15, -0.1) is 0 Å². The Morgan fingerprint density at radius 2 is 1.01 bits per heavy atom.